The van der Waals surface area contributed by atoms with E-state index in [2.05, 4.69) is 10.1 Å². The Morgan fingerprint density at radius 3 is 2.24 bits per heavy atom. The zero-order valence-electron chi connectivity index (χ0n) is 15.0. The minimum Gasteiger partial charge on any atom is -0.426 e. The highest BCUT2D eigenvalue weighted by Crippen LogP contribution is 2.36. The molecule has 0 saturated carbocycles. The molecule has 1 aliphatic rings. The van der Waals surface area contributed by atoms with E-state index in [-0.39, 0.29) is 31.5 Å². The predicted molar refractivity (Wildman–Crippen MR) is 90.5 cm³/mol. The number of likely N-dealkylation sites (tertiary alicyclic amines) is 1. The van der Waals surface area contributed by atoms with Crippen molar-refractivity contribution in [2.45, 2.75) is 24.9 Å². The summed E-state index contributed by atoms with van der Waals surface area (Å²) in [6.45, 7) is 0.160. The van der Waals surface area contributed by atoms with E-state index in [4.69, 9.17) is 0 Å². The maximum atomic E-state index is 12.4. The van der Waals surface area contributed by atoms with Crippen molar-refractivity contribution in [2.75, 3.05) is 19.6 Å². The van der Waals surface area contributed by atoms with Crippen LogP contribution >= 0.6 is 0 Å². The number of nitrogens with one attached hydrogen (secondary N) is 1. The van der Waals surface area contributed by atoms with Crippen molar-refractivity contribution in [1.82, 2.24) is 10.2 Å². The fourth-order valence-electron chi connectivity index (χ4n) is 2.59. The van der Waals surface area contributed by atoms with Gasteiger partial charge in [-0.2, -0.15) is 26.3 Å². The maximum Gasteiger partial charge on any atom is 0.434 e. The Morgan fingerprint density at radius 1 is 1.10 bits per heavy atom. The topological polar surface area (TPSA) is 58.6 Å². The monoisotopic (exact) mass is 424 g/mol. The number of carbonyl (C=O) groups excluding carboxylic acids is 2. The normalized spacial score (nSPS) is 15.5. The van der Waals surface area contributed by atoms with Gasteiger partial charge in [0.15, 0.2) is 0 Å². The first-order chi connectivity index (χ1) is 13.5. The summed E-state index contributed by atoms with van der Waals surface area (Å²) in [4.78, 5) is 23.9. The molecule has 0 bridgehead atoms. The molecule has 0 aliphatic carbocycles. The summed E-state index contributed by atoms with van der Waals surface area (Å²) >= 11 is 0. The van der Waals surface area contributed by atoms with Gasteiger partial charge in [0.1, 0.15) is 0 Å². The lowest BCUT2D eigenvalue weighted by Crippen LogP contribution is -2.54. The van der Waals surface area contributed by atoms with Crippen LogP contribution in [-0.4, -0.2) is 55.0 Å². The minimum absolute atomic E-state index is 0.0447. The Morgan fingerprint density at radius 2 is 1.69 bits per heavy atom. The van der Waals surface area contributed by atoms with Gasteiger partial charge in [-0.1, -0.05) is 30.3 Å². The molecule has 1 aliphatic heterocycles. The lowest BCUT2D eigenvalue weighted by atomic mass is 9.97. The van der Waals surface area contributed by atoms with E-state index in [1.807, 2.05) is 30.3 Å². The molecule has 0 unspecified atom stereocenters. The number of nitrogens with zero attached hydrogens (tertiary/aromatic N) is 1. The summed E-state index contributed by atoms with van der Waals surface area (Å²) < 4.78 is 77.9. The van der Waals surface area contributed by atoms with Gasteiger partial charge in [0.25, 0.3) is 6.10 Å². The van der Waals surface area contributed by atoms with Gasteiger partial charge in [-0.15, -0.1) is 0 Å². The van der Waals surface area contributed by atoms with Crippen molar-refractivity contribution < 1.29 is 40.7 Å². The van der Waals surface area contributed by atoms with Crippen molar-refractivity contribution in [3.8, 4) is 0 Å². The molecule has 160 valence electrons. The summed E-state index contributed by atoms with van der Waals surface area (Å²) in [5.74, 6) is -0.501. The molecule has 11 heteroatoms. The largest absolute Gasteiger partial charge is 0.434 e. The number of benzene rings is 1. The smallest absolute Gasteiger partial charge is 0.426 e. The molecule has 5 nitrogen and oxygen atoms in total. The quantitative estimate of drug-likeness (QED) is 0.559. The Balaban J connectivity index is 1.68. The third kappa shape index (κ3) is 6.99. The molecule has 1 heterocycles. The highest BCUT2D eigenvalue weighted by atomic mass is 19.4. The molecule has 1 aromatic rings. The molecule has 1 fully saturated rings. The van der Waals surface area contributed by atoms with E-state index in [9.17, 15) is 35.9 Å². The van der Waals surface area contributed by atoms with Crippen LogP contribution in [0.1, 0.15) is 12.0 Å². The van der Waals surface area contributed by atoms with E-state index in [0.29, 0.717) is 6.42 Å². The Hall–Kier alpha value is -2.72. The molecule has 1 N–H and O–H groups in total. The second-order valence-corrected chi connectivity index (χ2v) is 6.44. The third-order valence-corrected chi connectivity index (χ3v) is 4.11. The van der Waals surface area contributed by atoms with Crippen LogP contribution in [-0.2, 0) is 9.53 Å². The lowest BCUT2D eigenvalue weighted by Gasteiger charge is -2.39. The second kappa shape index (κ2) is 9.19. The lowest BCUT2D eigenvalue weighted by molar-refractivity contribution is -0.309. The number of amides is 2. The summed E-state index contributed by atoms with van der Waals surface area (Å²) in [5, 5.41) is 2.61. The van der Waals surface area contributed by atoms with Gasteiger partial charge in [-0.3, -0.25) is 4.79 Å². The van der Waals surface area contributed by atoms with E-state index in [1.54, 1.807) is 6.08 Å². The maximum absolute atomic E-state index is 12.4. The molecule has 0 radical (unpaired) electrons. The zero-order chi connectivity index (χ0) is 21.7. The molecule has 1 saturated heterocycles. The molecular formula is C18H18F6N2O3. The van der Waals surface area contributed by atoms with Crippen LogP contribution < -0.4 is 5.32 Å². The number of hydrogen-bond acceptors (Lipinski definition) is 3. The van der Waals surface area contributed by atoms with Gasteiger partial charge in [0.05, 0.1) is 0 Å². The van der Waals surface area contributed by atoms with E-state index in [1.165, 1.54) is 6.08 Å². The van der Waals surface area contributed by atoms with Gasteiger partial charge >= 0.3 is 18.4 Å². The minimum atomic E-state index is -5.74. The summed E-state index contributed by atoms with van der Waals surface area (Å²) in [6.07, 6.45) is -13.9. The van der Waals surface area contributed by atoms with Crippen LogP contribution in [0.4, 0.5) is 31.1 Å². The zero-order valence-corrected chi connectivity index (χ0v) is 15.0. The molecule has 0 aromatic heterocycles. The van der Waals surface area contributed by atoms with Crippen molar-refractivity contribution in [3.63, 3.8) is 0 Å². The van der Waals surface area contributed by atoms with Crippen LogP contribution in [0.3, 0.4) is 0 Å². The van der Waals surface area contributed by atoms with E-state index >= 15 is 0 Å². The third-order valence-electron chi connectivity index (χ3n) is 4.11. The average Bonchev–Trinajstić information content (AvgIpc) is 2.58. The first-order valence-corrected chi connectivity index (χ1v) is 8.57. The standard InChI is InChI=1S/C18H18F6N2O3/c19-17(20,21)15(18(22,23)24)29-16(28)26-10-13(11-26)8-9-25-14(27)7-6-12-4-2-1-3-5-12/h1-7,13,15H,8-11H2,(H,25,27)/b7-6+. The number of carbonyl (C=O) groups is 2. The fraction of sp³-hybridized carbons (Fsp3) is 0.444. The SMILES string of the molecule is O=C(/C=C/c1ccccc1)NCCC1CN(C(=O)OC(C(F)(F)F)C(F)(F)F)C1. The molecule has 0 spiro atoms. The Kier molecular flexibility index (Phi) is 7.15. The van der Waals surface area contributed by atoms with Crippen LogP contribution in [0.15, 0.2) is 36.4 Å². The number of halogens is 6. The highest BCUT2D eigenvalue weighted by molar-refractivity contribution is 5.91. The molecule has 2 rings (SSSR count). The number of alkyl halides is 6. The summed E-state index contributed by atoms with van der Waals surface area (Å²) in [7, 11) is 0. The van der Waals surface area contributed by atoms with Crippen LogP contribution in [0.2, 0.25) is 0 Å². The van der Waals surface area contributed by atoms with E-state index in [0.717, 1.165) is 10.5 Å². The van der Waals surface area contributed by atoms with Crippen molar-refractivity contribution >= 4 is 18.1 Å². The summed E-state index contributed by atoms with van der Waals surface area (Å²) in [5.41, 5.74) is 0.840. The van der Waals surface area contributed by atoms with Crippen molar-refractivity contribution in [2.24, 2.45) is 5.92 Å². The van der Waals surface area contributed by atoms with Gasteiger partial charge in [0.2, 0.25) is 5.91 Å². The van der Waals surface area contributed by atoms with Gasteiger partial charge in [-0.05, 0) is 24.0 Å². The van der Waals surface area contributed by atoms with Crippen molar-refractivity contribution in [1.29, 1.82) is 0 Å². The highest BCUT2D eigenvalue weighted by Gasteiger charge is 2.60. The Bertz CT molecular complexity index is 713. The van der Waals surface area contributed by atoms with E-state index < -0.39 is 24.5 Å². The van der Waals surface area contributed by atoms with Crippen LogP contribution in [0, 0.1) is 5.92 Å². The fourth-order valence-corrected chi connectivity index (χ4v) is 2.59. The van der Waals surface area contributed by atoms with Crippen LogP contribution in [0.5, 0.6) is 0 Å². The predicted octanol–water partition coefficient (Wildman–Crippen LogP) is 3.77. The summed E-state index contributed by atoms with van der Waals surface area (Å²) in [6, 6.07) is 9.09. The molecular weight excluding hydrogens is 406 g/mol. The van der Waals surface area contributed by atoms with Crippen molar-refractivity contribution in [3.05, 3.63) is 42.0 Å². The van der Waals surface area contributed by atoms with Gasteiger partial charge < -0.3 is 15.0 Å². The van der Waals surface area contributed by atoms with Crippen LogP contribution in [0.25, 0.3) is 6.08 Å². The molecule has 29 heavy (non-hydrogen) atoms. The molecule has 0 atom stereocenters. The number of hydrogen-bond donors (Lipinski definition) is 1. The first-order valence-electron chi connectivity index (χ1n) is 8.57. The molecule has 2 amide bonds. The van der Waals surface area contributed by atoms with Gasteiger partial charge in [-0.25, -0.2) is 4.79 Å². The Labute approximate surface area is 162 Å². The number of ether oxygens (including phenoxy) is 1. The van der Waals surface area contributed by atoms with Gasteiger partial charge in [0, 0.05) is 25.7 Å². The molecule has 1 aromatic carbocycles. The first kappa shape index (κ1) is 22.6. The number of rotatable bonds is 6. The second-order valence-electron chi connectivity index (χ2n) is 6.44. The average molecular weight is 424 g/mol.